The predicted octanol–water partition coefficient (Wildman–Crippen LogP) is -0.185. The molecule has 9 heteroatoms. The summed E-state index contributed by atoms with van der Waals surface area (Å²) in [5.74, 6) is 0.693. The van der Waals surface area contributed by atoms with E-state index in [9.17, 15) is 13.2 Å². The summed E-state index contributed by atoms with van der Waals surface area (Å²) in [7, 11) is -3.19. The van der Waals surface area contributed by atoms with Crippen LogP contribution in [0.2, 0.25) is 0 Å². The largest absolute Gasteiger partial charge is 0.384 e. The molecule has 1 fully saturated rings. The van der Waals surface area contributed by atoms with Gasteiger partial charge in [0.15, 0.2) is 6.61 Å². The molecule has 0 saturated carbocycles. The number of amides is 1. The van der Waals surface area contributed by atoms with Crippen LogP contribution < -0.4 is 5.73 Å². The average molecular weight is 334 g/mol. The van der Waals surface area contributed by atoms with E-state index in [1.165, 1.54) is 10.6 Å². The van der Waals surface area contributed by atoms with Crippen LogP contribution in [0.5, 0.6) is 0 Å². The Morgan fingerprint density at radius 1 is 1.27 bits per heavy atom. The van der Waals surface area contributed by atoms with Crippen LogP contribution in [0.25, 0.3) is 0 Å². The number of carbonyl (C=O) groups excluding carboxylic acids is 1. The van der Waals surface area contributed by atoms with Crippen LogP contribution in [0.15, 0.2) is 5.16 Å². The van der Waals surface area contributed by atoms with Gasteiger partial charge in [0.2, 0.25) is 10.0 Å². The van der Waals surface area contributed by atoms with Crippen LogP contribution in [0, 0.1) is 5.92 Å². The quantitative estimate of drug-likeness (QED) is 0.395. The summed E-state index contributed by atoms with van der Waals surface area (Å²) in [6.07, 6.45) is 2.72. The lowest BCUT2D eigenvalue weighted by atomic mass is 10.1. The Hall–Kier alpha value is -1.35. The fraction of sp³-hybridized carbons (Fsp3) is 0.846. The fourth-order valence-electron chi connectivity index (χ4n) is 2.01. The summed E-state index contributed by atoms with van der Waals surface area (Å²) >= 11 is 0. The number of sulfonamides is 1. The molecule has 0 unspecified atom stereocenters. The Balaban J connectivity index is 2.31. The fourth-order valence-corrected chi connectivity index (χ4v) is 2.84. The highest BCUT2D eigenvalue weighted by Crippen LogP contribution is 2.06. The maximum atomic E-state index is 11.9. The van der Waals surface area contributed by atoms with Crippen LogP contribution in [-0.4, -0.2) is 68.4 Å². The topological polar surface area (TPSA) is 105 Å². The minimum absolute atomic E-state index is 0.179. The lowest BCUT2D eigenvalue weighted by Gasteiger charge is -2.32. The second-order valence-corrected chi connectivity index (χ2v) is 7.81. The molecule has 1 heterocycles. The number of carbonyl (C=O) groups is 1. The van der Waals surface area contributed by atoms with Gasteiger partial charge in [-0.1, -0.05) is 19.0 Å². The SMILES string of the molecule is CC(C)CC/C(N)=N/OCC(=O)N1CCN(S(C)(=O)=O)CC1. The summed E-state index contributed by atoms with van der Waals surface area (Å²) in [6, 6.07) is 0. The van der Waals surface area contributed by atoms with Crippen molar-refractivity contribution in [1.82, 2.24) is 9.21 Å². The van der Waals surface area contributed by atoms with Crippen LogP contribution in [0.1, 0.15) is 26.7 Å². The molecule has 0 radical (unpaired) electrons. The van der Waals surface area contributed by atoms with Gasteiger partial charge < -0.3 is 15.5 Å². The first-order valence-electron chi connectivity index (χ1n) is 7.37. The van der Waals surface area contributed by atoms with Crippen molar-refractivity contribution in [2.45, 2.75) is 26.7 Å². The molecule has 1 amide bonds. The molecule has 0 atom stereocenters. The maximum absolute atomic E-state index is 11.9. The Bertz CT molecular complexity index is 496. The third-order valence-electron chi connectivity index (χ3n) is 3.41. The van der Waals surface area contributed by atoms with Crippen molar-refractivity contribution in [3.8, 4) is 0 Å². The zero-order chi connectivity index (χ0) is 16.8. The maximum Gasteiger partial charge on any atom is 0.263 e. The van der Waals surface area contributed by atoms with E-state index < -0.39 is 10.0 Å². The molecule has 0 spiro atoms. The Morgan fingerprint density at radius 3 is 2.36 bits per heavy atom. The van der Waals surface area contributed by atoms with Crippen molar-refractivity contribution in [1.29, 1.82) is 0 Å². The molecule has 0 aromatic rings. The van der Waals surface area contributed by atoms with E-state index in [1.54, 1.807) is 4.90 Å². The number of amidine groups is 1. The van der Waals surface area contributed by atoms with Crippen molar-refractivity contribution in [2.75, 3.05) is 39.0 Å². The van der Waals surface area contributed by atoms with E-state index in [2.05, 4.69) is 19.0 Å². The van der Waals surface area contributed by atoms with Crippen molar-refractivity contribution in [3.63, 3.8) is 0 Å². The molecule has 1 aliphatic heterocycles. The molecule has 22 heavy (non-hydrogen) atoms. The van der Waals surface area contributed by atoms with Gasteiger partial charge in [0, 0.05) is 32.6 Å². The van der Waals surface area contributed by atoms with Crippen molar-refractivity contribution >= 4 is 21.8 Å². The van der Waals surface area contributed by atoms with Gasteiger partial charge in [0.05, 0.1) is 6.26 Å². The summed E-state index contributed by atoms with van der Waals surface area (Å²) in [6.45, 7) is 5.35. The number of nitrogens with two attached hydrogens (primary N) is 1. The number of hydrogen-bond donors (Lipinski definition) is 1. The van der Waals surface area contributed by atoms with Gasteiger partial charge >= 0.3 is 0 Å². The van der Waals surface area contributed by atoms with E-state index in [-0.39, 0.29) is 12.5 Å². The van der Waals surface area contributed by atoms with E-state index in [4.69, 9.17) is 10.6 Å². The van der Waals surface area contributed by atoms with Gasteiger partial charge in [-0.25, -0.2) is 8.42 Å². The average Bonchev–Trinajstić information content (AvgIpc) is 2.44. The number of oxime groups is 1. The van der Waals surface area contributed by atoms with Gasteiger partial charge in [0.25, 0.3) is 5.91 Å². The highest BCUT2D eigenvalue weighted by molar-refractivity contribution is 7.88. The van der Waals surface area contributed by atoms with Crippen LogP contribution >= 0.6 is 0 Å². The molecule has 1 aliphatic rings. The second kappa shape index (κ2) is 8.33. The van der Waals surface area contributed by atoms with Gasteiger partial charge in [-0.15, -0.1) is 0 Å². The Labute approximate surface area is 132 Å². The molecule has 8 nitrogen and oxygen atoms in total. The van der Waals surface area contributed by atoms with E-state index in [0.717, 1.165) is 6.42 Å². The molecule has 0 aliphatic carbocycles. The third-order valence-corrected chi connectivity index (χ3v) is 4.71. The third kappa shape index (κ3) is 6.61. The first-order valence-corrected chi connectivity index (χ1v) is 9.22. The standard InChI is InChI=1S/C13H26N4O4S/c1-11(2)4-5-12(14)15-21-10-13(18)16-6-8-17(9-7-16)22(3,19)20/h11H,4-10H2,1-3H3,(H2,14,15). The van der Waals surface area contributed by atoms with Crippen molar-refractivity contribution in [3.05, 3.63) is 0 Å². The molecule has 128 valence electrons. The zero-order valence-electron chi connectivity index (χ0n) is 13.5. The molecule has 0 bridgehead atoms. The first kappa shape index (κ1) is 18.7. The monoisotopic (exact) mass is 334 g/mol. The van der Waals surface area contributed by atoms with Gasteiger partial charge in [-0.05, 0) is 12.3 Å². The summed E-state index contributed by atoms with van der Waals surface area (Å²) < 4.78 is 24.1. The lowest BCUT2D eigenvalue weighted by molar-refractivity contribution is -0.137. The van der Waals surface area contributed by atoms with Crippen LogP contribution in [0.3, 0.4) is 0 Å². The normalized spacial score (nSPS) is 17.8. The Morgan fingerprint density at radius 2 is 1.86 bits per heavy atom. The second-order valence-electron chi connectivity index (χ2n) is 5.83. The zero-order valence-corrected chi connectivity index (χ0v) is 14.3. The van der Waals surface area contributed by atoms with Gasteiger partial charge in [0.1, 0.15) is 5.84 Å². The highest BCUT2D eigenvalue weighted by atomic mass is 32.2. The summed E-state index contributed by atoms with van der Waals surface area (Å²) in [5, 5.41) is 3.73. The van der Waals surface area contributed by atoms with Gasteiger partial charge in [-0.3, -0.25) is 4.79 Å². The van der Waals surface area contributed by atoms with E-state index in [0.29, 0.717) is 44.4 Å². The summed E-state index contributed by atoms with van der Waals surface area (Å²) in [4.78, 5) is 18.5. The van der Waals surface area contributed by atoms with Crippen molar-refractivity contribution < 1.29 is 18.0 Å². The molecule has 1 saturated heterocycles. The Kier molecular flexibility index (Phi) is 7.08. The van der Waals surface area contributed by atoms with E-state index in [1.807, 2.05) is 0 Å². The van der Waals surface area contributed by atoms with E-state index >= 15 is 0 Å². The van der Waals surface area contributed by atoms with Crippen LogP contribution in [-0.2, 0) is 19.7 Å². The molecular weight excluding hydrogens is 308 g/mol. The summed E-state index contributed by atoms with van der Waals surface area (Å²) in [5.41, 5.74) is 5.68. The number of piperazine rings is 1. The highest BCUT2D eigenvalue weighted by Gasteiger charge is 2.26. The van der Waals surface area contributed by atoms with Gasteiger partial charge in [-0.2, -0.15) is 4.31 Å². The lowest BCUT2D eigenvalue weighted by Crippen LogP contribution is -2.51. The molecule has 0 aromatic heterocycles. The predicted molar refractivity (Wildman–Crippen MR) is 84.6 cm³/mol. The number of nitrogens with zero attached hydrogens (tertiary/aromatic N) is 3. The van der Waals surface area contributed by atoms with Crippen LogP contribution in [0.4, 0.5) is 0 Å². The number of rotatable bonds is 7. The molecule has 1 rings (SSSR count). The molecular formula is C13H26N4O4S. The first-order chi connectivity index (χ1) is 10.2. The minimum Gasteiger partial charge on any atom is -0.384 e. The smallest absolute Gasteiger partial charge is 0.263 e. The number of hydrogen-bond acceptors (Lipinski definition) is 5. The molecule has 0 aromatic carbocycles. The minimum atomic E-state index is -3.19. The molecule has 2 N–H and O–H groups in total. The van der Waals surface area contributed by atoms with Crippen molar-refractivity contribution in [2.24, 2.45) is 16.8 Å².